The molecule has 0 unspecified atom stereocenters. The Morgan fingerprint density at radius 2 is 1.86 bits per heavy atom. The normalized spacial score (nSPS) is 10.5. The van der Waals surface area contributed by atoms with Gasteiger partial charge in [0.25, 0.3) is 0 Å². The van der Waals surface area contributed by atoms with Gasteiger partial charge in [-0.1, -0.05) is 36.4 Å². The maximum absolute atomic E-state index is 10.6. The van der Waals surface area contributed by atoms with Gasteiger partial charge in [0.15, 0.2) is 0 Å². The van der Waals surface area contributed by atoms with Crippen molar-refractivity contribution < 1.29 is 9.90 Å². The molecule has 0 amide bonds. The van der Waals surface area contributed by atoms with Crippen molar-refractivity contribution in [3.8, 4) is 11.1 Å². The van der Waals surface area contributed by atoms with E-state index in [2.05, 4.69) is 22.2 Å². The van der Waals surface area contributed by atoms with Crippen LogP contribution in [0.4, 0.5) is 0 Å². The van der Waals surface area contributed by atoms with Gasteiger partial charge in [0, 0.05) is 23.5 Å². The Kier molecular flexibility index (Phi) is 3.96. The van der Waals surface area contributed by atoms with E-state index < -0.39 is 5.97 Å². The molecule has 1 N–H and O–H groups in total. The highest BCUT2D eigenvalue weighted by Crippen LogP contribution is 2.18. The molecule has 0 aliphatic rings. The fourth-order valence-corrected chi connectivity index (χ4v) is 2.22. The van der Waals surface area contributed by atoms with Crippen molar-refractivity contribution >= 4 is 5.97 Å². The summed E-state index contributed by atoms with van der Waals surface area (Å²) in [6, 6.07) is 13.7. The molecule has 5 nitrogen and oxygen atoms in total. The second-order valence-electron chi connectivity index (χ2n) is 5.02. The van der Waals surface area contributed by atoms with Crippen LogP contribution >= 0.6 is 0 Å². The smallest absolute Gasteiger partial charge is 0.309 e. The number of aromatic nitrogens is 3. The zero-order valence-corrected chi connectivity index (χ0v) is 11.9. The summed E-state index contributed by atoms with van der Waals surface area (Å²) in [5.74, 6) is -0.879. The van der Waals surface area contributed by atoms with E-state index in [-0.39, 0.29) is 6.42 Å². The molecule has 0 atom stereocenters. The van der Waals surface area contributed by atoms with Gasteiger partial charge in [0.1, 0.15) is 0 Å². The van der Waals surface area contributed by atoms with Gasteiger partial charge in [0.2, 0.25) is 0 Å². The molecule has 22 heavy (non-hydrogen) atoms. The quantitative estimate of drug-likeness (QED) is 0.785. The van der Waals surface area contributed by atoms with Crippen molar-refractivity contribution in [2.45, 2.75) is 13.0 Å². The van der Waals surface area contributed by atoms with E-state index in [1.165, 1.54) is 5.56 Å². The first kappa shape index (κ1) is 14.0. The maximum Gasteiger partial charge on any atom is 0.309 e. The first-order chi connectivity index (χ1) is 10.7. The molecule has 0 radical (unpaired) electrons. The number of aliphatic carboxylic acids is 1. The summed E-state index contributed by atoms with van der Waals surface area (Å²) in [5.41, 5.74) is 3.62. The van der Waals surface area contributed by atoms with Gasteiger partial charge in [-0.15, -0.1) is 0 Å². The predicted molar refractivity (Wildman–Crippen MR) is 82.3 cm³/mol. The summed E-state index contributed by atoms with van der Waals surface area (Å²) in [7, 11) is 0. The lowest BCUT2D eigenvalue weighted by molar-refractivity contribution is -0.136. The van der Waals surface area contributed by atoms with Crippen LogP contribution in [0.2, 0.25) is 0 Å². The number of pyridine rings is 1. The number of carbonyl (C=O) groups is 1. The molecule has 5 heteroatoms. The molecule has 2 heterocycles. The number of carboxylic acid groups (broad SMARTS) is 1. The van der Waals surface area contributed by atoms with E-state index in [0.29, 0.717) is 12.2 Å². The van der Waals surface area contributed by atoms with Crippen molar-refractivity contribution in [1.29, 1.82) is 0 Å². The van der Waals surface area contributed by atoms with Gasteiger partial charge in [-0.25, -0.2) is 0 Å². The van der Waals surface area contributed by atoms with Crippen LogP contribution in [0.25, 0.3) is 11.1 Å². The van der Waals surface area contributed by atoms with E-state index >= 15 is 0 Å². The summed E-state index contributed by atoms with van der Waals surface area (Å²) in [5, 5.41) is 13.1. The van der Waals surface area contributed by atoms with Crippen LogP contribution in [-0.4, -0.2) is 25.8 Å². The summed E-state index contributed by atoms with van der Waals surface area (Å²) in [6.45, 7) is 0.714. The summed E-state index contributed by atoms with van der Waals surface area (Å²) < 4.78 is 1.87. The molecule has 0 spiro atoms. The van der Waals surface area contributed by atoms with Crippen LogP contribution in [0.3, 0.4) is 0 Å². The lowest BCUT2D eigenvalue weighted by atomic mass is 10.1. The number of nitrogens with zero attached hydrogens (tertiary/aromatic N) is 3. The SMILES string of the molecule is O=C(O)Cc1ccc(-c2cnn(Cc3ccccc3)c2)cn1. The number of benzene rings is 1. The zero-order valence-electron chi connectivity index (χ0n) is 11.9. The summed E-state index contributed by atoms with van der Waals surface area (Å²) in [6.07, 6.45) is 5.37. The maximum atomic E-state index is 10.6. The Morgan fingerprint density at radius 3 is 2.55 bits per heavy atom. The molecular weight excluding hydrogens is 278 g/mol. The van der Waals surface area contributed by atoms with E-state index in [0.717, 1.165) is 11.1 Å². The topological polar surface area (TPSA) is 68.0 Å². The Hall–Kier alpha value is -2.95. The van der Waals surface area contributed by atoms with E-state index in [9.17, 15) is 4.79 Å². The van der Waals surface area contributed by atoms with Crippen LogP contribution in [0.5, 0.6) is 0 Å². The molecule has 0 fully saturated rings. The average Bonchev–Trinajstić information content (AvgIpc) is 2.97. The molecular formula is C17H15N3O2. The fraction of sp³-hybridized carbons (Fsp3) is 0.118. The largest absolute Gasteiger partial charge is 0.481 e. The highest BCUT2D eigenvalue weighted by atomic mass is 16.4. The first-order valence-electron chi connectivity index (χ1n) is 6.94. The lowest BCUT2D eigenvalue weighted by Gasteiger charge is -2.01. The standard InChI is InChI=1S/C17H15N3O2/c21-17(22)8-16-7-6-14(9-18-16)15-10-19-20(12-15)11-13-4-2-1-3-5-13/h1-7,9-10,12H,8,11H2,(H,21,22). The third-order valence-corrected chi connectivity index (χ3v) is 3.31. The highest BCUT2D eigenvalue weighted by molar-refractivity contribution is 5.70. The minimum Gasteiger partial charge on any atom is -0.481 e. The first-order valence-corrected chi connectivity index (χ1v) is 6.94. The third-order valence-electron chi connectivity index (χ3n) is 3.31. The van der Waals surface area contributed by atoms with Crippen LogP contribution < -0.4 is 0 Å². The van der Waals surface area contributed by atoms with Crippen molar-refractivity contribution in [3.63, 3.8) is 0 Å². The van der Waals surface area contributed by atoms with Crippen LogP contribution in [0.1, 0.15) is 11.3 Å². The number of hydrogen-bond donors (Lipinski definition) is 1. The Morgan fingerprint density at radius 1 is 1.05 bits per heavy atom. The van der Waals surface area contributed by atoms with E-state index in [1.807, 2.05) is 35.1 Å². The molecule has 3 rings (SSSR count). The van der Waals surface area contributed by atoms with Gasteiger partial charge < -0.3 is 5.11 Å². The Balaban J connectivity index is 1.74. The Labute approximate surface area is 127 Å². The third kappa shape index (κ3) is 3.38. The molecule has 0 bridgehead atoms. The van der Waals surface area contributed by atoms with Gasteiger partial charge >= 0.3 is 5.97 Å². The molecule has 0 aliphatic heterocycles. The van der Waals surface area contributed by atoms with Crippen molar-refractivity contribution in [2.24, 2.45) is 0 Å². The molecule has 3 aromatic rings. The summed E-state index contributed by atoms with van der Waals surface area (Å²) >= 11 is 0. The van der Waals surface area contributed by atoms with Crippen molar-refractivity contribution in [3.05, 3.63) is 72.3 Å². The van der Waals surface area contributed by atoms with Crippen molar-refractivity contribution in [2.75, 3.05) is 0 Å². The zero-order chi connectivity index (χ0) is 15.4. The minimum absolute atomic E-state index is 0.0620. The van der Waals surface area contributed by atoms with Gasteiger partial charge in [-0.2, -0.15) is 5.10 Å². The van der Waals surface area contributed by atoms with Gasteiger partial charge in [0.05, 0.1) is 24.9 Å². The molecule has 0 aliphatic carbocycles. The predicted octanol–water partition coefficient (Wildman–Crippen LogP) is 2.62. The molecule has 0 saturated carbocycles. The molecule has 110 valence electrons. The van der Waals surface area contributed by atoms with Crippen LogP contribution in [-0.2, 0) is 17.8 Å². The van der Waals surface area contributed by atoms with Gasteiger partial charge in [-0.05, 0) is 11.6 Å². The number of carboxylic acids is 1. The highest BCUT2D eigenvalue weighted by Gasteiger charge is 2.05. The average molecular weight is 293 g/mol. The van der Waals surface area contributed by atoms with E-state index in [4.69, 9.17) is 5.11 Å². The second-order valence-corrected chi connectivity index (χ2v) is 5.02. The number of hydrogen-bond acceptors (Lipinski definition) is 3. The molecule has 2 aromatic heterocycles. The fourth-order valence-electron chi connectivity index (χ4n) is 2.22. The molecule has 1 aromatic carbocycles. The lowest BCUT2D eigenvalue weighted by Crippen LogP contribution is -2.01. The van der Waals surface area contributed by atoms with E-state index in [1.54, 1.807) is 18.5 Å². The van der Waals surface area contributed by atoms with Crippen LogP contribution in [0, 0.1) is 0 Å². The second kappa shape index (κ2) is 6.22. The minimum atomic E-state index is -0.879. The van der Waals surface area contributed by atoms with Crippen molar-refractivity contribution in [1.82, 2.24) is 14.8 Å². The molecule has 0 saturated heterocycles. The monoisotopic (exact) mass is 293 g/mol. The Bertz CT molecular complexity index is 764. The number of rotatable bonds is 5. The summed E-state index contributed by atoms with van der Waals surface area (Å²) in [4.78, 5) is 14.8. The van der Waals surface area contributed by atoms with Gasteiger partial charge in [-0.3, -0.25) is 14.5 Å². The van der Waals surface area contributed by atoms with Crippen LogP contribution in [0.15, 0.2) is 61.1 Å².